The fourth-order valence-electron chi connectivity index (χ4n) is 3.06. The lowest BCUT2D eigenvalue weighted by Crippen LogP contribution is -2.31. The van der Waals surface area contributed by atoms with Crippen LogP contribution in [0.3, 0.4) is 0 Å². The van der Waals surface area contributed by atoms with Crippen molar-refractivity contribution in [2.75, 3.05) is 6.61 Å². The van der Waals surface area contributed by atoms with E-state index in [2.05, 4.69) is 15.5 Å². The lowest BCUT2D eigenvalue weighted by molar-refractivity contribution is -0.137. The number of fused-ring (bicyclic) bond motifs is 1. The number of rotatable bonds is 5. The van der Waals surface area contributed by atoms with Crippen LogP contribution in [0.5, 0.6) is 0 Å². The van der Waals surface area contributed by atoms with Crippen molar-refractivity contribution in [2.45, 2.75) is 12.2 Å². The molecule has 2 N–H and O–H groups in total. The minimum absolute atomic E-state index is 0.0436. The van der Waals surface area contributed by atoms with Crippen LogP contribution >= 0.6 is 0 Å². The van der Waals surface area contributed by atoms with Gasteiger partial charge >= 0.3 is 6.18 Å². The van der Waals surface area contributed by atoms with E-state index in [1.54, 1.807) is 12.1 Å². The van der Waals surface area contributed by atoms with Gasteiger partial charge in [0.1, 0.15) is 6.04 Å². The Morgan fingerprint density at radius 3 is 2.42 bits per heavy atom. The number of benzene rings is 3. The van der Waals surface area contributed by atoms with Crippen LogP contribution in [-0.2, 0) is 6.18 Å². The van der Waals surface area contributed by atoms with E-state index < -0.39 is 30.3 Å². The Morgan fingerprint density at radius 2 is 1.74 bits per heavy atom. The number of carbonyl (C=O) groups is 1. The molecule has 0 bridgehead atoms. The van der Waals surface area contributed by atoms with E-state index in [9.17, 15) is 23.1 Å². The Kier molecular flexibility index (Phi) is 5.43. The minimum Gasteiger partial charge on any atom is -0.394 e. The van der Waals surface area contributed by atoms with E-state index in [1.165, 1.54) is 12.1 Å². The number of amides is 1. The molecule has 1 amide bonds. The molecular formula is C22H16F3N3O3. The predicted molar refractivity (Wildman–Crippen MR) is 106 cm³/mol. The molecule has 0 aliphatic heterocycles. The Balaban J connectivity index is 1.51. The second-order valence-electron chi connectivity index (χ2n) is 6.80. The largest absolute Gasteiger partial charge is 0.416 e. The molecule has 0 fully saturated rings. The molecule has 0 radical (unpaired) electrons. The van der Waals surface area contributed by atoms with Gasteiger partial charge < -0.3 is 14.9 Å². The van der Waals surface area contributed by atoms with Gasteiger partial charge in [-0.2, -0.15) is 18.2 Å². The van der Waals surface area contributed by atoms with Gasteiger partial charge in [0.15, 0.2) is 0 Å². The van der Waals surface area contributed by atoms with Crippen molar-refractivity contribution >= 4 is 16.7 Å². The molecule has 0 saturated carbocycles. The standard InChI is InChI=1S/C22H16F3N3O3/c23-22(24,25)17-9-7-14(8-10-17)19-27-21(31-28-19)18(12-29)26-20(30)16-6-5-13-3-1-2-4-15(13)11-16/h1-11,18,29H,12H2,(H,26,30)/t18-/m0/s1. The number of halogens is 3. The zero-order valence-electron chi connectivity index (χ0n) is 15.9. The Hall–Kier alpha value is -3.72. The van der Waals surface area contributed by atoms with E-state index in [0.717, 1.165) is 22.9 Å². The molecule has 4 aromatic rings. The molecule has 0 spiro atoms. The number of carbonyl (C=O) groups excluding carboxylic acids is 1. The molecule has 9 heteroatoms. The van der Waals surface area contributed by atoms with Crippen molar-refractivity contribution in [2.24, 2.45) is 0 Å². The van der Waals surface area contributed by atoms with Crippen LogP contribution in [-0.4, -0.2) is 27.8 Å². The number of nitrogens with one attached hydrogen (secondary N) is 1. The molecule has 0 saturated heterocycles. The molecule has 1 atom stereocenters. The first kappa shape index (κ1) is 20.5. The number of aliphatic hydroxyl groups excluding tert-OH is 1. The van der Waals surface area contributed by atoms with E-state index >= 15 is 0 Å². The molecule has 0 unspecified atom stereocenters. The van der Waals surface area contributed by atoms with Crippen molar-refractivity contribution in [3.05, 3.63) is 83.7 Å². The first-order valence-corrected chi connectivity index (χ1v) is 9.27. The van der Waals surface area contributed by atoms with Crippen LogP contribution in [0.2, 0.25) is 0 Å². The van der Waals surface area contributed by atoms with Crippen molar-refractivity contribution in [3.63, 3.8) is 0 Å². The molecule has 1 heterocycles. The van der Waals surface area contributed by atoms with Crippen LogP contribution < -0.4 is 5.32 Å². The third-order valence-corrected chi connectivity index (χ3v) is 4.71. The normalized spacial score (nSPS) is 12.6. The topological polar surface area (TPSA) is 88.2 Å². The van der Waals surface area contributed by atoms with Crippen molar-refractivity contribution < 1.29 is 27.6 Å². The van der Waals surface area contributed by atoms with E-state index in [4.69, 9.17) is 4.52 Å². The lowest BCUT2D eigenvalue weighted by Gasteiger charge is -2.12. The minimum atomic E-state index is -4.45. The average Bonchev–Trinajstić information content (AvgIpc) is 3.26. The number of hydrogen-bond acceptors (Lipinski definition) is 5. The summed E-state index contributed by atoms with van der Waals surface area (Å²) in [5.74, 6) is -0.465. The van der Waals surface area contributed by atoms with Crippen molar-refractivity contribution in [3.8, 4) is 11.4 Å². The number of nitrogens with zero attached hydrogens (tertiary/aromatic N) is 2. The van der Waals surface area contributed by atoms with E-state index in [1.807, 2.05) is 30.3 Å². The fourth-order valence-corrected chi connectivity index (χ4v) is 3.06. The Morgan fingerprint density at radius 1 is 1.03 bits per heavy atom. The van der Waals surface area contributed by atoms with E-state index in [-0.39, 0.29) is 11.7 Å². The number of aromatic nitrogens is 2. The Labute approximate surface area is 174 Å². The third kappa shape index (κ3) is 4.41. The highest BCUT2D eigenvalue weighted by Crippen LogP contribution is 2.30. The summed E-state index contributed by atoms with van der Waals surface area (Å²) in [7, 11) is 0. The molecule has 31 heavy (non-hydrogen) atoms. The molecule has 0 aliphatic rings. The summed E-state index contributed by atoms with van der Waals surface area (Å²) in [6, 6.07) is 16.1. The van der Waals surface area contributed by atoms with Gasteiger partial charge in [0.25, 0.3) is 11.8 Å². The summed E-state index contributed by atoms with van der Waals surface area (Å²) in [6.07, 6.45) is -4.45. The molecular weight excluding hydrogens is 411 g/mol. The van der Waals surface area contributed by atoms with Gasteiger partial charge in [-0.05, 0) is 35.0 Å². The average molecular weight is 427 g/mol. The smallest absolute Gasteiger partial charge is 0.394 e. The van der Waals surface area contributed by atoms with E-state index in [0.29, 0.717) is 11.1 Å². The van der Waals surface area contributed by atoms with Crippen LogP contribution in [0.1, 0.15) is 27.9 Å². The summed E-state index contributed by atoms with van der Waals surface area (Å²) < 4.78 is 43.2. The van der Waals surface area contributed by atoms with Gasteiger partial charge in [0.2, 0.25) is 5.82 Å². The molecule has 4 rings (SSSR count). The van der Waals surface area contributed by atoms with Gasteiger partial charge in [0.05, 0.1) is 12.2 Å². The summed E-state index contributed by atoms with van der Waals surface area (Å²) in [6.45, 7) is -0.506. The maximum atomic E-state index is 12.7. The van der Waals surface area contributed by atoms with Crippen LogP contribution in [0.15, 0.2) is 71.3 Å². The zero-order chi connectivity index (χ0) is 22.0. The number of alkyl halides is 3. The lowest BCUT2D eigenvalue weighted by atomic mass is 10.1. The third-order valence-electron chi connectivity index (χ3n) is 4.71. The van der Waals surface area contributed by atoms with Gasteiger partial charge in [-0.25, -0.2) is 0 Å². The van der Waals surface area contributed by atoms with Gasteiger partial charge in [-0.1, -0.05) is 47.6 Å². The van der Waals surface area contributed by atoms with Gasteiger partial charge in [-0.15, -0.1) is 0 Å². The molecule has 6 nitrogen and oxygen atoms in total. The monoisotopic (exact) mass is 427 g/mol. The SMILES string of the molecule is O=C(N[C@@H](CO)c1nc(-c2ccc(C(F)(F)F)cc2)no1)c1ccc2ccccc2c1. The summed E-state index contributed by atoms with van der Waals surface area (Å²) in [4.78, 5) is 16.7. The van der Waals surface area contributed by atoms with Crippen molar-refractivity contribution in [1.82, 2.24) is 15.5 Å². The maximum absolute atomic E-state index is 12.7. The first-order valence-electron chi connectivity index (χ1n) is 9.27. The van der Waals surface area contributed by atoms with Crippen LogP contribution in [0, 0.1) is 0 Å². The quantitative estimate of drug-likeness (QED) is 0.494. The summed E-state index contributed by atoms with van der Waals surface area (Å²) in [5, 5.41) is 17.9. The molecule has 3 aromatic carbocycles. The summed E-state index contributed by atoms with van der Waals surface area (Å²) >= 11 is 0. The highest BCUT2D eigenvalue weighted by atomic mass is 19.4. The van der Waals surface area contributed by atoms with Crippen molar-refractivity contribution in [1.29, 1.82) is 0 Å². The van der Waals surface area contributed by atoms with Gasteiger partial charge in [-0.3, -0.25) is 4.79 Å². The zero-order valence-corrected chi connectivity index (χ0v) is 15.9. The van der Waals surface area contributed by atoms with Gasteiger partial charge in [0, 0.05) is 11.1 Å². The highest BCUT2D eigenvalue weighted by molar-refractivity contribution is 5.98. The number of aliphatic hydroxyl groups is 1. The fraction of sp³-hybridized carbons (Fsp3) is 0.136. The highest BCUT2D eigenvalue weighted by Gasteiger charge is 2.30. The molecule has 158 valence electrons. The van der Waals surface area contributed by atoms with Crippen LogP contribution in [0.25, 0.3) is 22.2 Å². The second-order valence-corrected chi connectivity index (χ2v) is 6.80. The predicted octanol–water partition coefficient (Wildman–Crippen LogP) is 4.37. The maximum Gasteiger partial charge on any atom is 0.416 e. The molecule has 1 aromatic heterocycles. The summed E-state index contributed by atoms with van der Waals surface area (Å²) in [5.41, 5.74) is -0.101. The van der Waals surface area contributed by atoms with Crippen LogP contribution in [0.4, 0.5) is 13.2 Å². The second kappa shape index (κ2) is 8.19. The Bertz CT molecular complexity index is 1220. The molecule has 0 aliphatic carbocycles. The number of hydrogen-bond donors (Lipinski definition) is 2. The first-order chi connectivity index (χ1) is 14.8.